The molecular weight excluding hydrogens is 242 g/mol. The van der Waals surface area contributed by atoms with E-state index in [4.69, 9.17) is 10.00 Å². The van der Waals surface area contributed by atoms with E-state index < -0.39 is 11.7 Å². The number of fused-ring (bicyclic) bond motifs is 1. The molecule has 5 nitrogen and oxygen atoms in total. The molecule has 0 atom stereocenters. The van der Waals surface area contributed by atoms with E-state index in [9.17, 15) is 4.79 Å². The molecule has 0 unspecified atom stereocenters. The van der Waals surface area contributed by atoms with E-state index in [0.717, 1.165) is 10.9 Å². The summed E-state index contributed by atoms with van der Waals surface area (Å²) in [7, 11) is 0. The molecule has 0 radical (unpaired) electrons. The second kappa shape index (κ2) is 4.65. The zero-order valence-electron chi connectivity index (χ0n) is 11.1. The minimum absolute atomic E-state index is 0.514. The molecule has 0 spiro atoms. The van der Waals surface area contributed by atoms with Crippen molar-refractivity contribution in [1.82, 2.24) is 4.98 Å². The molecule has 1 heterocycles. The van der Waals surface area contributed by atoms with Gasteiger partial charge in [0.1, 0.15) is 11.4 Å². The molecule has 1 aromatic heterocycles. The van der Waals surface area contributed by atoms with Gasteiger partial charge in [-0.05, 0) is 39.0 Å². The molecule has 1 aromatic carbocycles. The van der Waals surface area contributed by atoms with Crippen molar-refractivity contribution in [3.63, 3.8) is 0 Å². The Bertz CT molecular complexity index is 659. The first-order valence-corrected chi connectivity index (χ1v) is 5.90. The highest BCUT2D eigenvalue weighted by Crippen LogP contribution is 2.20. The molecule has 0 fully saturated rings. The maximum atomic E-state index is 11.6. The highest BCUT2D eigenvalue weighted by Gasteiger charge is 2.16. The Kier molecular flexibility index (Phi) is 3.17. The number of nitrogens with zero attached hydrogens (tertiary/aromatic N) is 1. The summed E-state index contributed by atoms with van der Waals surface area (Å²) >= 11 is 0. The number of rotatable bonds is 1. The van der Waals surface area contributed by atoms with E-state index in [1.165, 1.54) is 0 Å². The molecule has 5 heteroatoms. The van der Waals surface area contributed by atoms with Gasteiger partial charge >= 0.3 is 6.09 Å². The van der Waals surface area contributed by atoms with Gasteiger partial charge in [-0.3, -0.25) is 5.32 Å². The molecule has 0 aliphatic rings. The monoisotopic (exact) mass is 257 g/mol. The summed E-state index contributed by atoms with van der Waals surface area (Å²) in [5.41, 5.74) is 0.827. The maximum absolute atomic E-state index is 11.6. The lowest BCUT2D eigenvalue weighted by molar-refractivity contribution is 0.0635. The molecule has 19 heavy (non-hydrogen) atoms. The van der Waals surface area contributed by atoms with Gasteiger partial charge in [-0.1, -0.05) is 6.07 Å². The number of benzene rings is 1. The Morgan fingerprint density at radius 2 is 2.11 bits per heavy atom. The molecule has 1 amide bonds. The van der Waals surface area contributed by atoms with Gasteiger partial charge in [-0.15, -0.1) is 0 Å². The Morgan fingerprint density at radius 1 is 1.37 bits per heavy atom. The average Bonchev–Trinajstić information content (AvgIpc) is 2.66. The number of carbonyl (C=O) groups excluding carboxylic acids is 1. The fourth-order valence-corrected chi connectivity index (χ4v) is 1.68. The number of nitriles is 1. The van der Waals surface area contributed by atoms with Crippen molar-refractivity contribution in [1.29, 1.82) is 5.26 Å². The van der Waals surface area contributed by atoms with Crippen LogP contribution >= 0.6 is 0 Å². The summed E-state index contributed by atoms with van der Waals surface area (Å²) in [6, 6.07) is 9.15. The Morgan fingerprint density at radius 3 is 2.74 bits per heavy atom. The molecule has 0 saturated carbocycles. The largest absolute Gasteiger partial charge is 0.444 e. The van der Waals surface area contributed by atoms with Crippen molar-refractivity contribution in [3.05, 3.63) is 29.8 Å². The molecular formula is C14H15N3O2. The van der Waals surface area contributed by atoms with Gasteiger partial charge in [-0.25, -0.2) is 4.79 Å². The number of ether oxygens (including phenoxy) is 1. The number of hydrogen-bond donors (Lipinski definition) is 2. The minimum atomic E-state index is -0.538. The molecule has 98 valence electrons. The summed E-state index contributed by atoms with van der Waals surface area (Å²) < 4.78 is 5.16. The highest BCUT2D eigenvalue weighted by atomic mass is 16.6. The number of carbonyl (C=O) groups is 1. The molecule has 2 N–H and O–H groups in total. The quantitative estimate of drug-likeness (QED) is 0.822. The van der Waals surface area contributed by atoms with E-state index in [0.29, 0.717) is 11.4 Å². The number of nitrogens with one attached hydrogen (secondary N) is 2. The molecule has 2 rings (SSSR count). The lowest BCUT2D eigenvalue weighted by atomic mass is 10.2. The van der Waals surface area contributed by atoms with Crippen LogP contribution in [0.5, 0.6) is 0 Å². The summed E-state index contributed by atoms with van der Waals surface area (Å²) in [5, 5.41) is 12.4. The Balaban J connectivity index is 2.18. The number of aromatic nitrogens is 1. The van der Waals surface area contributed by atoms with Gasteiger partial charge in [0.2, 0.25) is 0 Å². The predicted octanol–water partition coefficient (Wildman–Crippen LogP) is 3.39. The van der Waals surface area contributed by atoms with Crippen molar-refractivity contribution in [2.45, 2.75) is 26.4 Å². The zero-order chi connectivity index (χ0) is 14.0. The van der Waals surface area contributed by atoms with Crippen molar-refractivity contribution in [2.24, 2.45) is 0 Å². The first kappa shape index (κ1) is 13.0. The minimum Gasteiger partial charge on any atom is -0.444 e. The Hall–Kier alpha value is -2.48. The van der Waals surface area contributed by atoms with E-state index in [1.807, 2.05) is 6.07 Å². The van der Waals surface area contributed by atoms with Gasteiger partial charge in [-0.2, -0.15) is 5.26 Å². The van der Waals surface area contributed by atoms with Crippen LogP contribution in [0.2, 0.25) is 0 Å². The van der Waals surface area contributed by atoms with Crippen LogP contribution in [-0.4, -0.2) is 16.7 Å². The standard InChI is InChI=1S/C14H15N3O2/c1-14(2,3)19-13(18)17-12-7-10-5-4-9(8-15)6-11(10)16-12/h4-7,16H,1-3H3,(H,17,18). The fourth-order valence-electron chi connectivity index (χ4n) is 1.68. The average molecular weight is 257 g/mol. The van der Waals surface area contributed by atoms with E-state index in [-0.39, 0.29) is 0 Å². The van der Waals surface area contributed by atoms with Gasteiger partial charge in [0.05, 0.1) is 11.6 Å². The Labute approximate surface area is 111 Å². The normalized spacial score (nSPS) is 11.1. The van der Waals surface area contributed by atoms with Crippen LogP contribution in [0.25, 0.3) is 10.9 Å². The molecule has 0 saturated heterocycles. The summed E-state index contributed by atoms with van der Waals surface area (Å²) in [6.45, 7) is 5.41. The van der Waals surface area contributed by atoms with E-state index in [2.05, 4.69) is 16.4 Å². The van der Waals surface area contributed by atoms with Gasteiger partial charge in [0.15, 0.2) is 0 Å². The van der Waals surface area contributed by atoms with Crippen molar-refractivity contribution >= 4 is 22.8 Å². The number of hydrogen-bond acceptors (Lipinski definition) is 3. The first-order chi connectivity index (χ1) is 8.87. The molecule has 0 bridgehead atoms. The van der Waals surface area contributed by atoms with Crippen molar-refractivity contribution < 1.29 is 9.53 Å². The third-order valence-electron chi connectivity index (χ3n) is 2.39. The van der Waals surface area contributed by atoms with Crippen LogP contribution in [0, 0.1) is 11.3 Å². The maximum Gasteiger partial charge on any atom is 0.413 e. The number of anilines is 1. The first-order valence-electron chi connectivity index (χ1n) is 5.90. The number of H-pyrrole nitrogens is 1. The van der Waals surface area contributed by atoms with Crippen LogP contribution in [0.15, 0.2) is 24.3 Å². The van der Waals surface area contributed by atoms with Crippen LogP contribution in [-0.2, 0) is 4.74 Å². The summed E-state index contributed by atoms with van der Waals surface area (Å²) in [5.74, 6) is 0.541. The zero-order valence-corrected chi connectivity index (χ0v) is 11.1. The highest BCUT2D eigenvalue weighted by molar-refractivity contribution is 5.91. The van der Waals surface area contributed by atoms with Crippen LogP contribution in [0.1, 0.15) is 26.3 Å². The van der Waals surface area contributed by atoms with Gasteiger partial charge < -0.3 is 9.72 Å². The van der Waals surface area contributed by atoms with Gasteiger partial charge in [0.25, 0.3) is 0 Å². The van der Waals surface area contributed by atoms with Gasteiger partial charge in [0, 0.05) is 10.9 Å². The topological polar surface area (TPSA) is 77.9 Å². The lowest BCUT2D eigenvalue weighted by Crippen LogP contribution is -2.27. The molecule has 0 aliphatic carbocycles. The van der Waals surface area contributed by atoms with Crippen LogP contribution < -0.4 is 5.32 Å². The van der Waals surface area contributed by atoms with E-state index in [1.54, 1.807) is 39.0 Å². The smallest absolute Gasteiger partial charge is 0.413 e. The molecule has 2 aromatic rings. The summed E-state index contributed by atoms with van der Waals surface area (Å²) in [4.78, 5) is 14.6. The van der Waals surface area contributed by atoms with Crippen molar-refractivity contribution in [2.75, 3.05) is 5.32 Å². The summed E-state index contributed by atoms with van der Waals surface area (Å²) in [6.07, 6.45) is -0.514. The third-order valence-corrected chi connectivity index (χ3v) is 2.39. The second-order valence-electron chi connectivity index (χ2n) is 5.22. The number of aromatic amines is 1. The number of amides is 1. The van der Waals surface area contributed by atoms with E-state index >= 15 is 0 Å². The van der Waals surface area contributed by atoms with Crippen LogP contribution in [0.4, 0.5) is 10.6 Å². The fraction of sp³-hybridized carbons (Fsp3) is 0.286. The second-order valence-corrected chi connectivity index (χ2v) is 5.22. The lowest BCUT2D eigenvalue weighted by Gasteiger charge is -2.19. The van der Waals surface area contributed by atoms with Crippen LogP contribution in [0.3, 0.4) is 0 Å². The molecule has 0 aliphatic heterocycles. The van der Waals surface area contributed by atoms with Crippen molar-refractivity contribution in [3.8, 4) is 6.07 Å². The third kappa shape index (κ3) is 3.26. The SMILES string of the molecule is CC(C)(C)OC(=O)Nc1cc2ccc(C#N)cc2[nH]1. The predicted molar refractivity (Wildman–Crippen MR) is 72.9 cm³/mol.